The van der Waals surface area contributed by atoms with Crippen molar-refractivity contribution in [2.24, 2.45) is 0 Å². The molecule has 1 saturated heterocycles. The zero-order valence-corrected chi connectivity index (χ0v) is 18.0. The van der Waals surface area contributed by atoms with Crippen LogP contribution < -0.4 is 10.2 Å². The van der Waals surface area contributed by atoms with E-state index in [9.17, 15) is 9.18 Å². The van der Waals surface area contributed by atoms with Gasteiger partial charge >= 0.3 is 0 Å². The van der Waals surface area contributed by atoms with Gasteiger partial charge in [-0.05, 0) is 62.0 Å². The number of amides is 1. The first-order chi connectivity index (χ1) is 15.0. The van der Waals surface area contributed by atoms with E-state index in [1.54, 1.807) is 30.3 Å². The second kappa shape index (κ2) is 9.35. The number of carbonyl (C=O) groups excluding carboxylic acids is 1. The predicted octanol–water partition coefficient (Wildman–Crippen LogP) is 4.72. The van der Waals surface area contributed by atoms with Gasteiger partial charge in [-0.1, -0.05) is 12.1 Å². The molecule has 4 rings (SSSR count). The standard InChI is InChI=1S/C25H28FN3O2/c1-18-17-19(29-15-13-28(2)14-16-29)7-10-23(18)27-25(30)12-9-20-8-11-24(31-20)21-5-3-4-6-22(21)26/h3-8,10-11,17H,9,12-16H2,1-2H3,(H,27,30). The molecule has 1 fully saturated rings. The fourth-order valence-corrected chi connectivity index (χ4v) is 3.82. The van der Waals surface area contributed by atoms with Crippen LogP contribution in [0, 0.1) is 12.7 Å². The highest BCUT2D eigenvalue weighted by molar-refractivity contribution is 5.91. The van der Waals surface area contributed by atoms with Crippen molar-refractivity contribution in [3.05, 3.63) is 71.7 Å². The van der Waals surface area contributed by atoms with Gasteiger partial charge in [0.1, 0.15) is 17.3 Å². The van der Waals surface area contributed by atoms with Crippen molar-refractivity contribution in [3.8, 4) is 11.3 Å². The molecule has 0 spiro atoms. The maximum absolute atomic E-state index is 13.9. The van der Waals surface area contributed by atoms with Crippen molar-refractivity contribution in [1.29, 1.82) is 0 Å². The van der Waals surface area contributed by atoms with Gasteiger partial charge in [0.2, 0.25) is 5.91 Å². The topological polar surface area (TPSA) is 48.7 Å². The van der Waals surface area contributed by atoms with E-state index in [0.717, 1.165) is 37.4 Å². The van der Waals surface area contributed by atoms with Gasteiger partial charge in [0, 0.05) is 50.4 Å². The van der Waals surface area contributed by atoms with Crippen molar-refractivity contribution < 1.29 is 13.6 Å². The van der Waals surface area contributed by atoms with Crippen LogP contribution in [0.15, 0.2) is 59.0 Å². The minimum Gasteiger partial charge on any atom is -0.461 e. The lowest BCUT2D eigenvalue weighted by Gasteiger charge is -2.34. The smallest absolute Gasteiger partial charge is 0.224 e. The molecular formula is C25H28FN3O2. The molecule has 162 valence electrons. The number of anilines is 2. The van der Waals surface area contributed by atoms with Crippen molar-refractivity contribution in [2.45, 2.75) is 19.8 Å². The van der Waals surface area contributed by atoms with Crippen LogP contribution in [0.3, 0.4) is 0 Å². The highest BCUT2D eigenvalue weighted by Gasteiger charge is 2.16. The number of nitrogens with one attached hydrogen (secondary N) is 1. The fourth-order valence-electron chi connectivity index (χ4n) is 3.82. The molecule has 0 unspecified atom stereocenters. The van der Waals surface area contributed by atoms with Crippen molar-refractivity contribution in [3.63, 3.8) is 0 Å². The van der Waals surface area contributed by atoms with E-state index in [1.165, 1.54) is 11.8 Å². The molecule has 1 amide bonds. The van der Waals surface area contributed by atoms with Crippen molar-refractivity contribution in [1.82, 2.24) is 4.90 Å². The molecule has 31 heavy (non-hydrogen) atoms. The van der Waals surface area contributed by atoms with Crippen LogP contribution in [0.2, 0.25) is 0 Å². The lowest BCUT2D eigenvalue weighted by atomic mass is 10.1. The van der Waals surface area contributed by atoms with E-state index in [4.69, 9.17) is 4.42 Å². The minimum atomic E-state index is -0.323. The molecule has 0 aliphatic carbocycles. The fraction of sp³-hybridized carbons (Fsp3) is 0.320. The summed E-state index contributed by atoms with van der Waals surface area (Å²) in [7, 11) is 2.14. The average Bonchev–Trinajstić information content (AvgIpc) is 3.23. The maximum atomic E-state index is 13.9. The van der Waals surface area contributed by atoms with Crippen LogP contribution in [-0.2, 0) is 11.2 Å². The summed E-state index contributed by atoms with van der Waals surface area (Å²) in [5, 5.41) is 3.00. The Hall–Kier alpha value is -3.12. The summed E-state index contributed by atoms with van der Waals surface area (Å²) >= 11 is 0. The summed E-state index contributed by atoms with van der Waals surface area (Å²) in [5.41, 5.74) is 3.49. The molecule has 1 aliphatic heterocycles. The van der Waals surface area contributed by atoms with Crippen molar-refractivity contribution in [2.75, 3.05) is 43.4 Å². The van der Waals surface area contributed by atoms with Gasteiger partial charge in [-0.2, -0.15) is 0 Å². The molecular weight excluding hydrogens is 393 g/mol. The van der Waals surface area contributed by atoms with Gasteiger partial charge in [0.15, 0.2) is 0 Å². The average molecular weight is 422 g/mol. The van der Waals surface area contributed by atoms with Gasteiger partial charge in [0.05, 0.1) is 5.56 Å². The first kappa shape index (κ1) is 21.1. The Kier molecular flexibility index (Phi) is 6.37. The molecule has 0 saturated carbocycles. The molecule has 1 aromatic heterocycles. The normalized spacial score (nSPS) is 14.6. The van der Waals surface area contributed by atoms with Gasteiger partial charge in [-0.15, -0.1) is 0 Å². The molecule has 3 aromatic rings. The zero-order valence-electron chi connectivity index (χ0n) is 18.0. The Morgan fingerprint density at radius 2 is 1.84 bits per heavy atom. The third-order valence-corrected chi connectivity index (χ3v) is 5.75. The molecule has 2 heterocycles. The predicted molar refractivity (Wildman–Crippen MR) is 122 cm³/mol. The Bertz CT molecular complexity index is 1050. The molecule has 0 atom stereocenters. The second-order valence-corrected chi connectivity index (χ2v) is 8.08. The number of aryl methyl sites for hydroxylation is 2. The molecule has 2 aromatic carbocycles. The minimum absolute atomic E-state index is 0.0701. The lowest BCUT2D eigenvalue weighted by Crippen LogP contribution is -2.44. The number of hydrogen-bond acceptors (Lipinski definition) is 4. The van der Waals surface area contributed by atoms with Gasteiger partial charge < -0.3 is 19.5 Å². The van der Waals surface area contributed by atoms with Crippen LogP contribution in [0.4, 0.5) is 15.8 Å². The Morgan fingerprint density at radius 3 is 2.58 bits per heavy atom. The van der Waals surface area contributed by atoms with Crippen LogP contribution in [-0.4, -0.2) is 44.0 Å². The number of rotatable bonds is 6. The number of hydrogen-bond donors (Lipinski definition) is 1. The first-order valence-electron chi connectivity index (χ1n) is 10.7. The number of carbonyl (C=O) groups is 1. The Balaban J connectivity index is 1.32. The van der Waals surface area contributed by atoms with E-state index in [2.05, 4.69) is 34.3 Å². The Morgan fingerprint density at radius 1 is 1.06 bits per heavy atom. The number of benzene rings is 2. The van der Waals surface area contributed by atoms with E-state index < -0.39 is 0 Å². The molecule has 6 heteroatoms. The number of nitrogens with zero attached hydrogens (tertiary/aromatic N) is 2. The lowest BCUT2D eigenvalue weighted by molar-refractivity contribution is -0.116. The van der Waals surface area contributed by atoms with E-state index in [-0.39, 0.29) is 11.7 Å². The molecule has 0 radical (unpaired) electrons. The number of piperazine rings is 1. The Labute approximate surface area is 182 Å². The maximum Gasteiger partial charge on any atom is 0.224 e. The van der Waals surface area contributed by atoms with E-state index in [0.29, 0.717) is 29.9 Å². The summed E-state index contributed by atoms with van der Waals surface area (Å²) in [4.78, 5) is 17.2. The quantitative estimate of drug-likeness (QED) is 0.626. The zero-order chi connectivity index (χ0) is 21.8. The number of likely N-dealkylation sites (N-methyl/N-ethyl adjacent to an activating group) is 1. The second-order valence-electron chi connectivity index (χ2n) is 8.08. The summed E-state index contributed by atoms with van der Waals surface area (Å²) < 4.78 is 19.7. The molecule has 1 N–H and O–H groups in total. The summed E-state index contributed by atoms with van der Waals surface area (Å²) in [6.45, 7) is 6.16. The highest BCUT2D eigenvalue weighted by Crippen LogP contribution is 2.26. The van der Waals surface area contributed by atoms with Gasteiger partial charge in [-0.25, -0.2) is 4.39 Å². The number of halogens is 1. The van der Waals surface area contributed by atoms with E-state index >= 15 is 0 Å². The SMILES string of the molecule is Cc1cc(N2CCN(C)CC2)ccc1NC(=O)CCc1ccc(-c2ccccc2F)o1. The monoisotopic (exact) mass is 421 g/mol. The van der Waals surface area contributed by atoms with Crippen LogP contribution >= 0.6 is 0 Å². The van der Waals surface area contributed by atoms with E-state index in [1.807, 2.05) is 13.0 Å². The van der Waals surface area contributed by atoms with Gasteiger partial charge in [-0.3, -0.25) is 4.79 Å². The summed E-state index contributed by atoms with van der Waals surface area (Å²) in [5.74, 6) is 0.746. The van der Waals surface area contributed by atoms with Crippen molar-refractivity contribution >= 4 is 17.3 Å². The number of furan rings is 1. The van der Waals surface area contributed by atoms with Crippen LogP contribution in [0.5, 0.6) is 0 Å². The third-order valence-electron chi connectivity index (χ3n) is 5.75. The summed E-state index contributed by atoms with van der Waals surface area (Å²) in [6, 6.07) is 16.2. The van der Waals surface area contributed by atoms with Crippen LogP contribution in [0.1, 0.15) is 17.7 Å². The first-order valence-corrected chi connectivity index (χ1v) is 10.7. The largest absolute Gasteiger partial charge is 0.461 e. The van der Waals surface area contributed by atoms with Gasteiger partial charge in [0.25, 0.3) is 0 Å². The van der Waals surface area contributed by atoms with Crippen LogP contribution in [0.25, 0.3) is 11.3 Å². The molecule has 1 aliphatic rings. The molecule has 5 nitrogen and oxygen atoms in total. The third kappa shape index (κ3) is 5.14. The highest BCUT2D eigenvalue weighted by atomic mass is 19.1. The summed E-state index contributed by atoms with van der Waals surface area (Å²) in [6.07, 6.45) is 0.753. The molecule has 0 bridgehead atoms.